The van der Waals surface area contributed by atoms with E-state index in [2.05, 4.69) is 19.2 Å². The number of carbonyl (C=O) groups excluding carboxylic acids is 1. The monoisotopic (exact) mass is 304 g/mol. The highest BCUT2D eigenvalue weighted by atomic mass is 16.5. The van der Waals surface area contributed by atoms with Gasteiger partial charge < -0.3 is 15.0 Å². The molecule has 1 aromatic rings. The number of amides is 1. The van der Waals surface area contributed by atoms with Crippen LogP contribution < -0.4 is 10.1 Å². The van der Waals surface area contributed by atoms with Gasteiger partial charge in [0.05, 0.1) is 12.6 Å². The van der Waals surface area contributed by atoms with E-state index in [1.807, 2.05) is 29.2 Å². The summed E-state index contributed by atoms with van der Waals surface area (Å²) in [5, 5.41) is 3.22. The van der Waals surface area contributed by atoms with Crippen molar-refractivity contribution < 1.29 is 9.53 Å². The Hall–Kier alpha value is -1.71. The number of carbonyl (C=O) groups is 1. The zero-order valence-electron chi connectivity index (χ0n) is 13.8. The van der Waals surface area contributed by atoms with Crippen molar-refractivity contribution in [1.29, 1.82) is 0 Å². The van der Waals surface area contributed by atoms with Crippen molar-refractivity contribution >= 4 is 11.6 Å². The van der Waals surface area contributed by atoms with Crippen molar-refractivity contribution in [1.82, 2.24) is 4.90 Å². The van der Waals surface area contributed by atoms with E-state index in [1.165, 1.54) is 12.8 Å². The molecule has 1 aromatic carbocycles. The fourth-order valence-electron chi connectivity index (χ4n) is 2.60. The Labute approximate surface area is 133 Å². The van der Waals surface area contributed by atoms with Gasteiger partial charge in [-0.25, -0.2) is 0 Å². The predicted molar refractivity (Wildman–Crippen MR) is 90.4 cm³/mol. The summed E-state index contributed by atoms with van der Waals surface area (Å²) in [6.07, 6.45) is 5.92. The molecule has 0 bridgehead atoms. The van der Waals surface area contributed by atoms with Gasteiger partial charge in [-0.2, -0.15) is 0 Å². The van der Waals surface area contributed by atoms with Crippen LogP contribution in [0.2, 0.25) is 0 Å². The lowest BCUT2D eigenvalue weighted by Crippen LogP contribution is -2.36. The fraction of sp³-hybridized carbons (Fsp3) is 0.611. The summed E-state index contributed by atoms with van der Waals surface area (Å²) in [6.45, 7) is 6.32. The lowest BCUT2D eigenvalue weighted by atomic mass is 10.2. The SMILES string of the molecule is CCC(C)Oc1cccc(NCC(=O)N2CCCCCC2)c1. The van der Waals surface area contributed by atoms with Crippen LogP contribution in [0.15, 0.2) is 24.3 Å². The van der Waals surface area contributed by atoms with Crippen LogP contribution in [0.4, 0.5) is 5.69 Å². The van der Waals surface area contributed by atoms with E-state index in [0.29, 0.717) is 6.54 Å². The van der Waals surface area contributed by atoms with Crippen LogP contribution >= 0.6 is 0 Å². The molecule has 1 amide bonds. The molecular formula is C18H28N2O2. The summed E-state index contributed by atoms with van der Waals surface area (Å²) in [6, 6.07) is 7.84. The highest BCUT2D eigenvalue weighted by molar-refractivity contribution is 5.81. The molecule has 22 heavy (non-hydrogen) atoms. The van der Waals surface area contributed by atoms with Crippen LogP contribution in [0.3, 0.4) is 0 Å². The largest absolute Gasteiger partial charge is 0.491 e. The second kappa shape index (κ2) is 8.66. The average molecular weight is 304 g/mol. The van der Waals surface area contributed by atoms with Crippen molar-refractivity contribution in [3.63, 3.8) is 0 Å². The number of hydrogen-bond acceptors (Lipinski definition) is 3. The van der Waals surface area contributed by atoms with Crippen LogP contribution in [0.5, 0.6) is 5.75 Å². The molecule has 0 saturated carbocycles. The third-order valence-corrected chi connectivity index (χ3v) is 4.15. The first-order valence-corrected chi connectivity index (χ1v) is 8.47. The molecule has 0 aliphatic carbocycles. The van der Waals surface area contributed by atoms with Crippen molar-refractivity contribution in [2.75, 3.05) is 25.0 Å². The molecule has 1 saturated heterocycles. The predicted octanol–water partition coefficient (Wildman–Crippen LogP) is 3.68. The van der Waals surface area contributed by atoms with E-state index < -0.39 is 0 Å². The zero-order valence-corrected chi connectivity index (χ0v) is 13.8. The lowest BCUT2D eigenvalue weighted by molar-refractivity contribution is -0.129. The maximum absolute atomic E-state index is 12.3. The minimum Gasteiger partial charge on any atom is -0.491 e. The van der Waals surface area contributed by atoms with Gasteiger partial charge in [0.15, 0.2) is 0 Å². The van der Waals surface area contributed by atoms with Crippen LogP contribution in [-0.4, -0.2) is 36.5 Å². The first kappa shape index (κ1) is 16.7. The fourth-order valence-corrected chi connectivity index (χ4v) is 2.60. The normalized spacial score (nSPS) is 16.7. The maximum atomic E-state index is 12.3. The number of hydrogen-bond donors (Lipinski definition) is 1. The summed E-state index contributed by atoms with van der Waals surface area (Å²) < 4.78 is 5.81. The molecule has 1 N–H and O–H groups in total. The van der Waals surface area contributed by atoms with Crippen molar-refractivity contribution in [3.8, 4) is 5.75 Å². The number of ether oxygens (including phenoxy) is 1. The van der Waals surface area contributed by atoms with Crippen LogP contribution in [-0.2, 0) is 4.79 Å². The Morgan fingerprint density at radius 2 is 2.00 bits per heavy atom. The Bertz CT molecular complexity index is 468. The molecule has 1 atom stereocenters. The molecule has 0 aromatic heterocycles. The van der Waals surface area contributed by atoms with Crippen molar-refractivity contribution in [2.24, 2.45) is 0 Å². The summed E-state index contributed by atoms with van der Waals surface area (Å²) in [4.78, 5) is 14.3. The van der Waals surface area contributed by atoms with E-state index >= 15 is 0 Å². The van der Waals surface area contributed by atoms with Gasteiger partial charge in [-0.15, -0.1) is 0 Å². The molecule has 1 aliphatic rings. The third kappa shape index (κ3) is 5.24. The molecule has 2 rings (SSSR count). The van der Waals surface area contributed by atoms with Crippen molar-refractivity contribution in [3.05, 3.63) is 24.3 Å². The van der Waals surface area contributed by atoms with Gasteiger partial charge in [0.2, 0.25) is 5.91 Å². The minimum absolute atomic E-state index is 0.190. The third-order valence-electron chi connectivity index (χ3n) is 4.15. The second-order valence-corrected chi connectivity index (χ2v) is 6.01. The van der Waals surface area contributed by atoms with E-state index in [-0.39, 0.29) is 12.0 Å². The molecule has 1 aliphatic heterocycles. The van der Waals surface area contributed by atoms with E-state index in [1.54, 1.807) is 0 Å². The van der Waals surface area contributed by atoms with Gasteiger partial charge in [-0.05, 0) is 38.3 Å². The summed E-state index contributed by atoms with van der Waals surface area (Å²) in [5.41, 5.74) is 0.934. The first-order chi connectivity index (χ1) is 10.7. The zero-order chi connectivity index (χ0) is 15.8. The topological polar surface area (TPSA) is 41.6 Å². The average Bonchev–Trinajstić information content (AvgIpc) is 2.82. The minimum atomic E-state index is 0.190. The van der Waals surface area contributed by atoms with E-state index in [4.69, 9.17) is 4.74 Å². The van der Waals surface area contributed by atoms with Crippen LogP contribution in [0, 0.1) is 0 Å². The molecule has 4 nitrogen and oxygen atoms in total. The quantitative estimate of drug-likeness (QED) is 0.871. The smallest absolute Gasteiger partial charge is 0.241 e. The molecule has 4 heteroatoms. The number of likely N-dealkylation sites (tertiary alicyclic amines) is 1. The molecule has 1 fully saturated rings. The Morgan fingerprint density at radius 1 is 1.27 bits per heavy atom. The molecule has 1 unspecified atom stereocenters. The standard InChI is InChI=1S/C18H28N2O2/c1-3-15(2)22-17-10-8-9-16(13-17)19-14-18(21)20-11-6-4-5-7-12-20/h8-10,13,15,19H,3-7,11-12,14H2,1-2H3. The number of nitrogens with one attached hydrogen (secondary N) is 1. The number of nitrogens with zero attached hydrogens (tertiary/aromatic N) is 1. The number of benzene rings is 1. The van der Waals surface area contributed by atoms with Gasteiger partial charge in [0.1, 0.15) is 5.75 Å². The Kier molecular flexibility index (Phi) is 6.56. The number of anilines is 1. The second-order valence-electron chi connectivity index (χ2n) is 6.01. The van der Waals surface area contributed by atoms with E-state index in [0.717, 1.165) is 43.8 Å². The molecule has 1 heterocycles. The maximum Gasteiger partial charge on any atom is 0.241 e. The van der Waals surface area contributed by atoms with Gasteiger partial charge in [-0.1, -0.05) is 25.8 Å². The van der Waals surface area contributed by atoms with Gasteiger partial charge in [0.25, 0.3) is 0 Å². The first-order valence-electron chi connectivity index (χ1n) is 8.47. The van der Waals surface area contributed by atoms with Gasteiger partial charge in [-0.3, -0.25) is 4.79 Å². The highest BCUT2D eigenvalue weighted by Crippen LogP contribution is 2.19. The molecule has 0 radical (unpaired) electrons. The molecule has 0 spiro atoms. The molecular weight excluding hydrogens is 276 g/mol. The van der Waals surface area contributed by atoms with Gasteiger partial charge in [0, 0.05) is 24.8 Å². The van der Waals surface area contributed by atoms with Crippen LogP contribution in [0.1, 0.15) is 46.0 Å². The van der Waals surface area contributed by atoms with E-state index in [9.17, 15) is 4.79 Å². The highest BCUT2D eigenvalue weighted by Gasteiger charge is 2.15. The van der Waals surface area contributed by atoms with Gasteiger partial charge >= 0.3 is 0 Å². The number of rotatable bonds is 6. The summed E-state index contributed by atoms with van der Waals surface area (Å²) in [7, 11) is 0. The van der Waals surface area contributed by atoms with Crippen LogP contribution in [0.25, 0.3) is 0 Å². The Balaban J connectivity index is 1.85. The lowest BCUT2D eigenvalue weighted by Gasteiger charge is -2.21. The molecule has 122 valence electrons. The van der Waals surface area contributed by atoms with Crippen molar-refractivity contribution in [2.45, 2.75) is 52.1 Å². The Morgan fingerprint density at radius 3 is 2.68 bits per heavy atom. The summed E-state index contributed by atoms with van der Waals surface area (Å²) >= 11 is 0. The summed E-state index contributed by atoms with van der Waals surface area (Å²) in [5.74, 6) is 1.04.